The fourth-order valence-electron chi connectivity index (χ4n) is 1.48. The van der Waals surface area contributed by atoms with Crippen molar-refractivity contribution in [3.8, 4) is 0 Å². The molecule has 2 nitrogen and oxygen atoms in total. The Balaban J connectivity index is 2.27. The largest absolute Gasteiger partial charge is 0.467 e. The first-order valence-electron chi connectivity index (χ1n) is 4.83. The van der Waals surface area contributed by atoms with Gasteiger partial charge in [0, 0.05) is 4.88 Å². The molecule has 0 saturated heterocycles. The molecule has 0 fully saturated rings. The second kappa shape index (κ2) is 4.84. The first kappa shape index (κ1) is 10.7. The molecule has 2 rings (SSSR count). The molecule has 0 aliphatic heterocycles. The molecule has 0 bridgehead atoms. The summed E-state index contributed by atoms with van der Waals surface area (Å²) >= 11 is 7.50. The van der Waals surface area contributed by atoms with Gasteiger partial charge in [0.2, 0.25) is 0 Å². The molecule has 0 spiro atoms. The van der Waals surface area contributed by atoms with E-state index in [9.17, 15) is 0 Å². The zero-order valence-electron chi connectivity index (χ0n) is 8.37. The maximum Gasteiger partial charge on any atom is 0.126 e. The molecule has 0 radical (unpaired) electrons. The fourth-order valence-corrected chi connectivity index (χ4v) is 2.63. The van der Waals surface area contributed by atoms with Gasteiger partial charge in [-0.2, -0.15) is 0 Å². The van der Waals surface area contributed by atoms with Crippen LogP contribution >= 0.6 is 22.9 Å². The molecule has 0 amide bonds. The van der Waals surface area contributed by atoms with Gasteiger partial charge < -0.3 is 9.73 Å². The van der Waals surface area contributed by atoms with E-state index >= 15 is 0 Å². The quantitative estimate of drug-likeness (QED) is 0.883. The van der Waals surface area contributed by atoms with Crippen molar-refractivity contribution >= 4 is 22.9 Å². The highest BCUT2D eigenvalue weighted by Gasteiger charge is 2.17. The zero-order valence-corrected chi connectivity index (χ0v) is 9.94. The normalized spacial score (nSPS) is 12.9. The van der Waals surface area contributed by atoms with Crippen LogP contribution in [0.15, 0.2) is 34.9 Å². The molecular weight excluding hydrogens is 230 g/mol. The van der Waals surface area contributed by atoms with Crippen molar-refractivity contribution in [2.45, 2.75) is 13.0 Å². The van der Waals surface area contributed by atoms with Crippen LogP contribution in [-0.2, 0) is 0 Å². The SMILES string of the molecule is CCNC(c1ccco1)c1ccc(Cl)s1. The minimum absolute atomic E-state index is 0.113. The number of hydrogen-bond donors (Lipinski definition) is 1. The second-order valence-electron chi connectivity index (χ2n) is 3.15. The van der Waals surface area contributed by atoms with E-state index < -0.39 is 0 Å². The molecule has 1 unspecified atom stereocenters. The summed E-state index contributed by atoms with van der Waals surface area (Å²) in [6, 6.07) is 7.93. The minimum atomic E-state index is 0.113. The molecule has 0 aromatic carbocycles. The first-order chi connectivity index (χ1) is 7.31. The predicted molar refractivity (Wildman–Crippen MR) is 63.6 cm³/mol. The van der Waals surface area contributed by atoms with E-state index in [0.717, 1.165) is 16.6 Å². The van der Waals surface area contributed by atoms with Crippen LogP contribution in [-0.4, -0.2) is 6.54 Å². The van der Waals surface area contributed by atoms with Crippen LogP contribution in [0.1, 0.15) is 23.6 Å². The third-order valence-electron chi connectivity index (χ3n) is 2.11. The molecule has 4 heteroatoms. The second-order valence-corrected chi connectivity index (χ2v) is 4.89. The molecule has 2 heterocycles. The van der Waals surface area contributed by atoms with E-state index in [1.54, 1.807) is 17.6 Å². The maximum atomic E-state index is 5.93. The monoisotopic (exact) mass is 241 g/mol. The number of halogens is 1. The molecule has 0 saturated carbocycles. The van der Waals surface area contributed by atoms with Crippen LogP contribution in [0.25, 0.3) is 0 Å². The van der Waals surface area contributed by atoms with Crippen LogP contribution in [0.2, 0.25) is 4.34 Å². The summed E-state index contributed by atoms with van der Waals surface area (Å²) in [5.41, 5.74) is 0. The lowest BCUT2D eigenvalue weighted by atomic mass is 10.2. The first-order valence-corrected chi connectivity index (χ1v) is 6.02. The molecule has 2 aromatic heterocycles. The third-order valence-corrected chi connectivity index (χ3v) is 3.41. The van der Waals surface area contributed by atoms with Crippen molar-refractivity contribution in [3.05, 3.63) is 45.5 Å². The van der Waals surface area contributed by atoms with E-state index in [2.05, 4.69) is 12.2 Å². The summed E-state index contributed by atoms with van der Waals surface area (Å²) in [6.07, 6.45) is 1.69. The molecule has 0 aliphatic carbocycles. The number of furan rings is 1. The Kier molecular flexibility index (Phi) is 3.46. The number of nitrogens with one attached hydrogen (secondary N) is 1. The fraction of sp³-hybridized carbons (Fsp3) is 0.273. The number of hydrogen-bond acceptors (Lipinski definition) is 3. The Morgan fingerprint density at radius 3 is 2.87 bits per heavy atom. The van der Waals surface area contributed by atoms with Crippen molar-refractivity contribution in [1.29, 1.82) is 0 Å². The van der Waals surface area contributed by atoms with Crippen LogP contribution < -0.4 is 5.32 Å². The minimum Gasteiger partial charge on any atom is -0.467 e. The highest BCUT2D eigenvalue weighted by atomic mass is 35.5. The zero-order chi connectivity index (χ0) is 10.7. The molecule has 0 aliphatic rings. The summed E-state index contributed by atoms with van der Waals surface area (Å²) in [6.45, 7) is 2.96. The molecule has 1 atom stereocenters. The summed E-state index contributed by atoms with van der Waals surface area (Å²) in [7, 11) is 0. The van der Waals surface area contributed by atoms with Gasteiger partial charge in [-0.1, -0.05) is 18.5 Å². The van der Waals surface area contributed by atoms with Crippen LogP contribution in [0.5, 0.6) is 0 Å². The summed E-state index contributed by atoms with van der Waals surface area (Å²) in [4.78, 5) is 1.18. The Labute approximate surface area is 97.9 Å². The van der Waals surface area contributed by atoms with Crippen molar-refractivity contribution in [2.24, 2.45) is 0 Å². The van der Waals surface area contributed by atoms with Crippen LogP contribution in [0.4, 0.5) is 0 Å². The summed E-state index contributed by atoms with van der Waals surface area (Å²) in [5.74, 6) is 0.926. The molecule has 80 valence electrons. The Morgan fingerprint density at radius 1 is 1.47 bits per heavy atom. The van der Waals surface area contributed by atoms with E-state index in [4.69, 9.17) is 16.0 Å². The van der Waals surface area contributed by atoms with Crippen molar-refractivity contribution in [3.63, 3.8) is 0 Å². The van der Waals surface area contributed by atoms with Gasteiger partial charge in [0.05, 0.1) is 10.6 Å². The summed E-state index contributed by atoms with van der Waals surface area (Å²) < 4.78 is 6.22. The van der Waals surface area contributed by atoms with Gasteiger partial charge >= 0.3 is 0 Å². The average Bonchev–Trinajstić information content (AvgIpc) is 2.85. The van der Waals surface area contributed by atoms with Crippen molar-refractivity contribution in [1.82, 2.24) is 5.32 Å². The highest BCUT2D eigenvalue weighted by Crippen LogP contribution is 2.31. The summed E-state index contributed by atoms with van der Waals surface area (Å²) in [5, 5.41) is 3.37. The Hall–Kier alpha value is -0.770. The number of thiophene rings is 1. The van der Waals surface area contributed by atoms with Gasteiger partial charge in [-0.3, -0.25) is 0 Å². The molecule has 1 N–H and O–H groups in total. The highest BCUT2D eigenvalue weighted by molar-refractivity contribution is 7.16. The van der Waals surface area contributed by atoms with E-state index in [-0.39, 0.29) is 6.04 Å². The van der Waals surface area contributed by atoms with Gasteiger partial charge in [-0.05, 0) is 30.8 Å². The molecule has 15 heavy (non-hydrogen) atoms. The predicted octanol–water partition coefficient (Wildman–Crippen LogP) is 3.69. The lowest BCUT2D eigenvalue weighted by Gasteiger charge is -2.13. The Bertz CT molecular complexity index is 410. The van der Waals surface area contributed by atoms with Crippen molar-refractivity contribution < 1.29 is 4.42 Å². The van der Waals surface area contributed by atoms with E-state index in [1.165, 1.54) is 4.88 Å². The molecular formula is C11H12ClNOS. The average molecular weight is 242 g/mol. The van der Waals surface area contributed by atoms with Gasteiger partial charge in [-0.15, -0.1) is 11.3 Å². The van der Waals surface area contributed by atoms with Gasteiger partial charge in [0.25, 0.3) is 0 Å². The number of rotatable bonds is 4. The van der Waals surface area contributed by atoms with Crippen molar-refractivity contribution in [2.75, 3.05) is 6.54 Å². The lowest BCUT2D eigenvalue weighted by Crippen LogP contribution is -2.20. The third kappa shape index (κ3) is 2.43. The smallest absolute Gasteiger partial charge is 0.126 e. The maximum absolute atomic E-state index is 5.93. The van der Waals surface area contributed by atoms with Gasteiger partial charge in [-0.25, -0.2) is 0 Å². The topological polar surface area (TPSA) is 25.2 Å². The van der Waals surface area contributed by atoms with E-state index in [1.807, 2.05) is 24.3 Å². The van der Waals surface area contributed by atoms with Crippen LogP contribution in [0, 0.1) is 0 Å². The van der Waals surface area contributed by atoms with Gasteiger partial charge in [0.15, 0.2) is 0 Å². The Morgan fingerprint density at radius 2 is 2.33 bits per heavy atom. The van der Waals surface area contributed by atoms with Crippen LogP contribution in [0.3, 0.4) is 0 Å². The molecule has 2 aromatic rings. The van der Waals surface area contributed by atoms with Gasteiger partial charge in [0.1, 0.15) is 11.8 Å². The lowest BCUT2D eigenvalue weighted by molar-refractivity contribution is 0.455. The standard InChI is InChI=1S/C11H12ClNOS/c1-2-13-11(8-4-3-7-14-8)9-5-6-10(12)15-9/h3-7,11,13H,2H2,1H3. The van der Waals surface area contributed by atoms with E-state index in [0.29, 0.717) is 0 Å².